The summed E-state index contributed by atoms with van der Waals surface area (Å²) in [6.45, 7) is 0. The molecule has 0 spiro atoms. The summed E-state index contributed by atoms with van der Waals surface area (Å²) in [5, 5.41) is 4.58. The number of hydrogen-bond acceptors (Lipinski definition) is 4. The number of pyridine rings is 1. The number of rotatable bonds is 6. The summed E-state index contributed by atoms with van der Waals surface area (Å²) in [6, 6.07) is 13.1. The van der Waals surface area contributed by atoms with Crippen molar-refractivity contribution in [2.45, 2.75) is 5.75 Å². The van der Waals surface area contributed by atoms with Crippen LogP contribution in [0.4, 0.5) is 0 Å². The number of aromatic nitrogens is 1. The Hall–Kier alpha value is -1.85. The molecule has 0 aliphatic heterocycles. The van der Waals surface area contributed by atoms with Gasteiger partial charge >= 0.3 is 0 Å². The standard InChI is InChI=1S/C15H14ClN3OS/c16-14-7-2-1-5-12(14)10-21-11-15(20)19-18-9-13-6-3-4-8-17-13/h1-9H,10-11H2,(H,19,20)/b18-9+. The Labute approximate surface area is 132 Å². The van der Waals surface area contributed by atoms with Crippen LogP contribution in [-0.4, -0.2) is 22.9 Å². The van der Waals surface area contributed by atoms with Gasteiger partial charge in [0, 0.05) is 17.0 Å². The Bertz CT molecular complexity index is 619. The molecule has 0 bridgehead atoms. The van der Waals surface area contributed by atoms with Gasteiger partial charge in [0.05, 0.1) is 17.7 Å². The number of carbonyl (C=O) groups excluding carboxylic acids is 1. The maximum Gasteiger partial charge on any atom is 0.250 e. The molecule has 1 heterocycles. The van der Waals surface area contributed by atoms with Crippen LogP contribution in [0.5, 0.6) is 0 Å². The first-order chi connectivity index (χ1) is 10.3. The number of thioether (sulfide) groups is 1. The summed E-state index contributed by atoms with van der Waals surface area (Å²) in [4.78, 5) is 15.7. The molecule has 21 heavy (non-hydrogen) atoms. The largest absolute Gasteiger partial charge is 0.272 e. The highest BCUT2D eigenvalue weighted by molar-refractivity contribution is 7.99. The second-order valence-electron chi connectivity index (χ2n) is 4.13. The molecule has 2 aromatic rings. The Morgan fingerprint density at radius 3 is 2.86 bits per heavy atom. The maximum absolute atomic E-state index is 11.6. The third-order valence-electron chi connectivity index (χ3n) is 2.52. The molecule has 1 aromatic carbocycles. The average Bonchev–Trinajstić information content (AvgIpc) is 2.50. The van der Waals surface area contributed by atoms with Gasteiger partial charge in [-0.2, -0.15) is 5.10 Å². The van der Waals surface area contributed by atoms with Crippen LogP contribution >= 0.6 is 23.4 Å². The monoisotopic (exact) mass is 319 g/mol. The quantitative estimate of drug-likeness (QED) is 0.657. The minimum Gasteiger partial charge on any atom is -0.272 e. The highest BCUT2D eigenvalue weighted by Crippen LogP contribution is 2.20. The molecule has 2 rings (SSSR count). The zero-order chi connectivity index (χ0) is 14.9. The van der Waals surface area contributed by atoms with Crippen LogP contribution in [0.1, 0.15) is 11.3 Å². The number of amides is 1. The van der Waals surface area contributed by atoms with Crippen LogP contribution < -0.4 is 5.43 Å². The van der Waals surface area contributed by atoms with Gasteiger partial charge in [-0.15, -0.1) is 11.8 Å². The fourth-order valence-corrected chi connectivity index (χ4v) is 2.63. The van der Waals surface area contributed by atoms with E-state index >= 15 is 0 Å². The van der Waals surface area contributed by atoms with Crippen LogP contribution in [0.15, 0.2) is 53.8 Å². The van der Waals surface area contributed by atoms with Crippen molar-refractivity contribution in [1.29, 1.82) is 0 Å². The SMILES string of the molecule is O=C(CSCc1ccccc1Cl)N/N=C/c1ccccn1. The highest BCUT2D eigenvalue weighted by Gasteiger charge is 2.03. The molecule has 0 aliphatic carbocycles. The topological polar surface area (TPSA) is 54.4 Å². The van der Waals surface area contributed by atoms with Crippen molar-refractivity contribution in [3.63, 3.8) is 0 Å². The number of nitrogens with zero attached hydrogens (tertiary/aromatic N) is 2. The molecule has 0 saturated heterocycles. The summed E-state index contributed by atoms with van der Waals surface area (Å²) >= 11 is 7.54. The first-order valence-electron chi connectivity index (χ1n) is 6.30. The van der Waals surface area contributed by atoms with Gasteiger partial charge in [0.15, 0.2) is 0 Å². The van der Waals surface area contributed by atoms with Crippen LogP contribution in [0.3, 0.4) is 0 Å². The van der Waals surface area contributed by atoms with Crippen LogP contribution in [-0.2, 0) is 10.5 Å². The van der Waals surface area contributed by atoms with Gasteiger partial charge < -0.3 is 0 Å². The van der Waals surface area contributed by atoms with Gasteiger partial charge in [-0.1, -0.05) is 35.9 Å². The zero-order valence-electron chi connectivity index (χ0n) is 11.2. The van der Waals surface area contributed by atoms with Crippen molar-refractivity contribution in [2.24, 2.45) is 5.10 Å². The predicted octanol–water partition coefficient (Wildman–Crippen LogP) is 3.12. The summed E-state index contributed by atoms with van der Waals surface area (Å²) in [6.07, 6.45) is 3.18. The van der Waals surface area contributed by atoms with E-state index in [1.165, 1.54) is 18.0 Å². The lowest BCUT2D eigenvalue weighted by molar-refractivity contribution is -0.118. The second-order valence-corrected chi connectivity index (χ2v) is 5.52. The lowest BCUT2D eigenvalue weighted by atomic mass is 10.2. The third kappa shape index (κ3) is 5.57. The van der Waals surface area contributed by atoms with E-state index in [-0.39, 0.29) is 5.91 Å². The minimum atomic E-state index is -0.153. The van der Waals surface area contributed by atoms with Gasteiger partial charge in [0.2, 0.25) is 5.91 Å². The van der Waals surface area contributed by atoms with E-state index in [2.05, 4.69) is 15.5 Å². The summed E-state index contributed by atoms with van der Waals surface area (Å²) < 4.78 is 0. The van der Waals surface area contributed by atoms with Crippen molar-refractivity contribution < 1.29 is 4.79 Å². The van der Waals surface area contributed by atoms with E-state index in [4.69, 9.17) is 11.6 Å². The molecule has 0 unspecified atom stereocenters. The Morgan fingerprint density at radius 2 is 2.10 bits per heavy atom. The molecule has 1 N–H and O–H groups in total. The summed E-state index contributed by atoms with van der Waals surface area (Å²) in [5.74, 6) is 0.862. The molecule has 6 heteroatoms. The van der Waals surface area contributed by atoms with Crippen LogP contribution in [0, 0.1) is 0 Å². The highest BCUT2D eigenvalue weighted by atomic mass is 35.5. The van der Waals surface area contributed by atoms with Crippen molar-refractivity contribution in [2.75, 3.05) is 5.75 Å². The lowest BCUT2D eigenvalue weighted by Gasteiger charge is -2.03. The average molecular weight is 320 g/mol. The molecule has 0 radical (unpaired) electrons. The van der Waals surface area contributed by atoms with E-state index in [1.807, 2.05) is 42.5 Å². The molecule has 0 atom stereocenters. The summed E-state index contributed by atoms with van der Waals surface area (Å²) in [7, 11) is 0. The molecular weight excluding hydrogens is 306 g/mol. The molecule has 4 nitrogen and oxygen atoms in total. The van der Waals surface area contributed by atoms with E-state index in [9.17, 15) is 4.79 Å². The lowest BCUT2D eigenvalue weighted by Crippen LogP contribution is -2.19. The number of benzene rings is 1. The molecule has 0 aliphatic rings. The van der Waals surface area contributed by atoms with Crippen molar-refractivity contribution in [3.8, 4) is 0 Å². The molecule has 1 amide bonds. The second kappa shape index (κ2) is 8.44. The Balaban J connectivity index is 1.71. The van der Waals surface area contributed by atoms with Crippen LogP contribution in [0.2, 0.25) is 5.02 Å². The molecular formula is C15H14ClN3OS. The minimum absolute atomic E-state index is 0.153. The number of nitrogens with one attached hydrogen (secondary N) is 1. The maximum atomic E-state index is 11.6. The smallest absolute Gasteiger partial charge is 0.250 e. The number of hydrazone groups is 1. The van der Waals surface area contributed by atoms with E-state index in [0.717, 1.165) is 10.6 Å². The van der Waals surface area contributed by atoms with Gasteiger partial charge in [-0.3, -0.25) is 9.78 Å². The third-order valence-corrected chi connectivity index (χ3v) is 3.87. The van der Waals surface area contributed by atoms with E-state index in [1.54, 1.807) is 6.20 Å². The van der Waals surface area contributed by atoms with Gasteiger partial charge in [-0.05, 0) is 23.8 Å². The first-order valence-corrected chi connectivity index (χ1v) is 7.83. The zero-order valence-corrected chi connectivity index (χ0v) is 12.8. The normalized spacial score (nSPS) is 10.7. The number of hydrogen-bond donors (Lipinski definition) is 1. The molecule has 108 valence electrons. The number of halogens is 1. The Kier molecular flexibility index (Phi) is 6.24. The van der Waals surface area contributed by atoms with Crippen molar-refractivity contribution >= 4 is 35.5 Å². The van der Waals surface area contributed by atoms with E-state index < -0.39 is 0 Å². The summed E-state index contributed by atoms with van der Waals surface area (Å²) in [5.41, 5.74) is 4.19. The Morgan fingerprint density at radius 1 is 1.29 bits per heavy atom. The van der Waals surface area contributed by atoms with Crippen molar-refractivity contribution in [3.05, 3.63) is 64.9 Å². The van der Waals surface area contributed by atoms with Gasteiger partial charge in [0.1, 0.15) is 0 Å². The first kappa shape index (κ1) is 15.5. The fraction of sp³-hybridized carbons (Fsp3) is 0.133. The van der Waals surface area contributed by atoms with Crippen molar-refractivity contribution in [1.82, 2.24) is 10.4 Å². The van der Waals surface area contributed by atoms with Gasteiger partial charge in [-0.25, -0.2) is 5.43 Å². The van der Waals surface area contributed by atoms with Gasteiger partial charge in [0.25, 0.3) is 0 Å². The molecule has 0 saturated carbocycles. The van der Waals surface area contributed by atoms with Crippen LogP contribution in [0.25, 0.3) is 0 Å². The molecule has 1 aromatic heterocycles. The fourth-order valence-electron chi connectivity index (χ4n) is 1.52. The predicted molar refractivity (Wildman–Crippen MR) is 87.6 cm³/mol. The molecule has 0 fully saturated rings. The number of carbonyl (C=O) groups is 1. The van der Waals surface area contributed by atoms with E-state index in [0.29, 0.717) is 17.2 Å².